The van der Waals surface area contributed by atoms with Crippen LogP contribution < -0.4 is 5.73 Å². The van der Waals surface area contributed by atoms with Gasteiger partial charge in [0.1, 0.15) is 5.37 Å². The molecule has 8 heteroatoms. The van der Waals surface area contributed by atoms with Gasteiger partial charge in [0.15, 0.2) is 5.70 Å². The van der Waals surface area contributed by atoms with E-state index >= 15 is 0 Å². The Morgan fingerprint density at radius 2 is 2.10 bits per heavy atom. The van der Waals surface area contributed by atoms with E-state index in [0.717, 1.165) is 6.42 Å². The molecule has 21 heavy (non-hydrogen) atoms. The topological polar surface area (TPSA) is 104 Å². The summed E-state index contributed by atoms with van der Waals surface area (Å²) in [5.74, 6) is -1.93. The van der Waals surface area contributed by atoms with E-state index in [4.69, 9.17) is 5.73 Å². The molecule has 0 aromatic rings. The molecule has 0 bridgehead atoms. The van der Waals surface area contributed by atoms with Crippen molar-refractivity contribution in [2.24, 2.45) is 11.7 Å². The van der Waals surface area contributed by atoms with Crippen molar-refractivity contribution in [1.29, 1.82) is 0 Å². The number of hydrogen-bond donors (Lipinski definition) is 3. The number of fused-ring (bicyclic) bond motifs is 1. The van der Waals surface area contributed by atoms with Gasteiger partial charge in [0.25, 0.3) is 0 Å². The Morgan fingerprint density at radius 1 is 1.48 bits per heavy atom. The van der Waals surface area contributed by atoms with Crippen molar-refractivity contribution in [2.45, 2.75) is 50.0 Å². The van der Waals surface area contributed by atoms with E-state index in [9.17, 15) is 19.8 Å². The van der Waals surface area contributed by atoms with Crippen LogP contribution in [-0.4, -0.2) is 49.8 Å². The number of carboxylic acids is 1. The highest BCUT2D eigenvalue weighted by Gasteiger charge is 2.57. The molecule has 0 saturated carbocycles. The predicted octanol–water partition coefficient (Wildman–Crippen LogP) is 1.01. The second-order valence-corrected chi connectivity index (χ2v) is 8.40. The molecular weight excluding hydrogens is 312 g/mol. The summed E-state index contributed by atoms with van der Waals surface area (Å²) in [6.07, 6.45) is -0.00722. The lowest BCUT2D eigenvalue weighted by atomic mass is 9.92. The summed E-state index contributed by atoms with van der Waals surface area (Å²) in [6.45, 7) is 5.46. The number of amides is 1. The zero-order chi connectivity index (χ0) is 15.9. The minimum absolute atomic E-state index is 0.0386. The van der Waals surface area contributed by atoms with Crippen LogP contribution in [0.15, 0.2) is 9.93 Å². The molecule has 6 nitrogen and oxygen atoms in total. The fraction of sp³-hybridized carbons (Fsp3) is 0.692. The highest BCUT2D eigenvalue weighted by molar-refractivity contribution is 8.23. The number of hydrogen-bond acceptors (Lipinski definition) is 6. The summed E-state index contributed by atoms with van der Waals surface area (Å²) in [4.78, 5) is 24.8. The third-order valence-electron chi connectivity index (χ3n) is 3.48. The molecule has 1 amide bonds. The van der Waals surface area contributed by atoms with Gasteiger partial charge < -0.3 is 15.9 Å². The van der Waals surface area contributed by atoms with Crippen LogP contribution in [0.5, 0.6) is 0 Å². The quantitative estimate of drug-likeness (QED) is 0.624. The highest BCUT2D eigenvalue weighted by Crippen LogP contribution is 2.54. The molecule has 118 valence electrons. The molecule has 2 heterocycles. The van der Waals surface area contributed by atoms with Gasteiger partial charge in [-0.25, -0.2) is 4.79 Å². The summed E-state index contributed by atoms with van der Waals surface area (Å²) in [7, 11) is 0. The summed E-state index contributed by atoms with van der Waals surface area (Å²) in [5, 5.41) is 18.9. The second-order valence-electron chi connectivity index (χ2n) is 5.57. The molecule has 2 aliphatic heterocycles. The SMILES string of the molecule is CC(N)CC(C)SC1=C(C(=O)O)N2C(=O)C(C(C)O)[C@H]2S1. The molecule has 5 atom stereocenters. The molecule has 0 aromatic heterocycles. The van der Waals surface area contributed by atoms with Crippen LogP contribution in [0.2, 0.25) is 0 Å². The lowest BCUT2D eigenvalue weighted by Crippen LogP contribution is -2.60. The molecule has 0 aliphatic carbocycles. The first-order valence-electron chi connectivity index (χ1n) is 6.81. The number of carbonyl (C=O) groups excluding carboxylic acids is 1. The molecule has 0 aromatic carbocycles. The Balaban J connectivity index is 2.17. The average Bonchev–Trinajstić information content (AvgIpc) is 2.62. The number of thioether (sulfide) groups is 2. The van der Waals surface area contributed by atoms with E-state index in [0.29, 0.717) is 4.24 Å². The lowest BCUT2D eigenvalue weighted by molar-refractivity contribution is -0.156. The number of carbonyl (C=O) groups is 2. The maximum Gasteiger partial charge on any atom is 0.354 e. The molecular formula is C13H20N2O4S2. The van der Waals surface area contributed by atoms with Crippen LogP contribution in [0, 0.1) is 5.92 Å². The van der Waals surface area contributed by atoms with Gasteiger partial charge in [-0.2, -0.15) is 0 Å². The van der Waals surface area contributed by atoms with Crippen LogP contribution in [0.25, 0.3) is 0 Å². The van der Waals surface area contributed by atoms with Gasteiger partial charge in [0.05, 0.1) is 16.3 Å². The smallest absolute Gasteiger partial charge is 0.354 e. The lowest BCUT2D eigenvalue weighted by Gasteiger charge is -2.43. The van der Waals surface area contributed by atoms with Gasteiger partial charge in [-0.3, -0.25) is 9.69 Å². The minimum atomic E-state index is -1.10. The maximum absolute atomic E-state index is 12.0. The predicted molar refractivity (Wildman–Crippen MR) is 83.4 cm³/mol. The Kier molecular flexibility index (Phi) is 4.92. The number of β-lactam (4-membered cyclic amide) rings is 1. The number of aliphatic hydroxyl groups excluding tert-OH is 1. The van der Waals surface area contributed by atoms with Gasteiger partial charge in [0, 0.05) is 11.3 Å². The van der Waals surface area contributed by atoms with Gasteiger partial charge in [-0.05, 0) is 20.3 Å². The van der Waals surface area contributed by atoms with Crippen LogP contribution in [0.1, 0.15) is 27.2 Å². The van der Waals surface area contributed by atoms with E-state index in [1.165, 1.54) is 28.4 Å². The third kappa shape index (κ3) is 3.08. The highest BCUT2D eigenvalue weighted by atomic mass is 32.2. The number of nitrogens with zero attached hydrogens (tertiary/aromatic N) is 1. The largest absolute Gasteiger partial charge is 0.477 e. The molecule has 1 fully saturated rings. The standard InChI is InChI=1S/C13H20N2O4S2/c1-5(14)4-6(2)20-13-9(12(18)19)15-10(17)8(7(3)16)11(15)21-13/h5-8,11,16H,4,14H2,1-3H3,(H,18,19)/t5?,6?,7?,8?,11-/m1/s1. The maximum atomic E-state index is 12.0. The first-order chi connectivity index (χ1) is 9.73. The van der Waals surface area contributed by atoms with Crippen molar-refractivity contribution in [3.8, 4) is 0 Å². The van der Waals surface area contributed by atoms with E-state index in [1.807, 2.05) is 13.8 Å². The van der Waals surface area contributed by atoms with Crippen molar-refractivity contribution in [2.75, 3.05) is 0 Å². The van der Waals surface area contributed by atoms with E-state index in [2.05, 4.69) is 0 Å². The normalized spacial score (nSPS) is 29.0. The number of aliphatic hydroxyl groups is 1. The van der Waals surface area contributed by atoms with Gasteiger partial charge in [-0.15, -0.1) is 11.8 Å². The fourth-order valence-corrected chi connectivity index (χ4v) is 5.98. The van der Waals surface area contributed by atoms with Crippen molar-refractivity contribution in [1.82, 2.24) is 4.90 Å². The molecule has 2 aliphatic rings. The molecule has 4 N–H and O–H groups in total. The molecule has 1 saturated heterocycles. The minimum Gasteiger partial charge on any atom is -0.477 e. The van der Waals surface area contributed by atoms with Crippen LogP contribution >= 0.6 is 23.5 Å². The summed E-state index contributed by atoms with van der Waals surface area (Å²) in [6, 6.07) is 0.0386. The fourth-order valence-electron chi connectivity index (χ4n) is 2.59. The van der Waals surface area contributed by atoms with E-state index < -0.39 is 18.0 Å². The Bertz CT molecular complexity index is 493. The molecule has 0 radical (unpaired) electrons. The first-order valence-corrected chi connectivity index (χ1v) is 8.57. The monoisotopic (exact) mass is 332 g/mol. The Hall–Kier alpha value is -0.700. The second kappa shape index (κ2) is 6.20. The number of aliphatic carboxylic acids is 1. The van der Waals surface area contributed by atoms with Gasteiger partial charge in [0.2, 0.25) is 5.91 Å². The van der Waals surface area contributed by atoms with Crippen LogP contribution in [0.3, 0.4) is 0 Å². The number of carboxylic acid groups (broad SMARTS) is 1. The third-order valence-corrected chi connectivity index (χ3v) is 6.21. The Morgan fingerprint density at radius 3 is 2.57 bits per heavy atom. The zero-order valence-corrected chi connectivity index (χ0v) is 13.8. The average molecular weight is 332 g/mol. The summed E-state index contributed by atoms with van der Waals surface area (Å²) in [5.41, 5.74) is 5.81. The van der Waals surface area contributed by atoms with Crippen molar-refractivity contribution in [3.05, 3.63) is 9.93 Å². The summed E-state index contributed by atoms with van der Waals surface area (Å²) >= 11 is 2.80. The van der Waals surface area contributed by atoms with Crippen LogP contribution in [-0.2, 0) is 9.59 Å². The number of rotatable bonds is 6. The van der Waals surface area contributed by atoms with E-state index in [1.54, 1.807) is 6.92 Å². The Labute approximate surface area is 132 Å². The van der Waals surface area contributed by atoms with Gasteiger partial charge >= 0.3 is 5.97 Å². The van der Waals surface area contributed by atoms with Crippen LogP contribution in [0.4, 0.5) is 0 Å². The molecule has 0 spiro atoms. The van der Waals surface area contributed by atoms with Crippen molar-refractivity contribution < 1.29 is 19.8 Å². The van der Waals surface area contributed by atoms with Crippen molar-refractivity contribution >= 4 is 35.4 Å². The molecule has 2 rings (SSSR count). The number of nitrogens with two attached hydrogens (primary N) is 1. The first kappa shape index (κ1) is 16.7. The summed E-state index contributed by atoms with van der Waals surface area (Å²) < 4.78 is 0.636. The zero-order valence-electron chi connectivity index (χ0n) is 12.1. The van der Waals surface area contributed by atoms with E-state index in [-0.39, 0.29) is 28.3 Å². The molecule has 4 unspecified atom stereocenters. The van der Waals surface area contributed by atoms with Gasteiger partial charge in [-0.1, -0.05) is 18.7 Å². The van der Waals surface area contributed by atoms with Crippen molar-refractivity contribution in [3.63, 3.8) is 0 Å².